The molecule has 0 saturated heterocycles. The second kappa shape index (κ2) is 6.55. The summed E-state index contributed by atoms with van der Waals surface area (Å²) in [5.41, 5.74) is 2.38. The van der Waals surface area contributed by atoms with Crippen molar-refractivity contribution in [1.29, 1.82) is 5.26 Å². The first kappa shape index (κ1) is 13.8. The number of aromatic amines is 1. The van der Waals surface area contributed by atoms with Crippen molar-refractivity contribution in [2.24, 2.45) is 0 Å². The fraction of sp³-hybridized carbons (Fsp3) is 0.200. The highest BCUT2D eigenvalue weighted by molar-refractivity contribution is 5.60. The smallest absolute Gasteiger partial charge is 0.290 e. The number of hydrogen-bond acceptors (Lipinski definition) is 4. The number of aliphatic hydroxyl groups is 1. The van der Waals surface area contributed by atoms with E-state index in [1.54, 1.807) is 13.2 Å². The van der Waals surface area contributed by atoms with Crippen molar-refractivity contribution < 1.29 is 14.8 Å². The number of hydrogen-bond donors (Lipinski definition) is 2. The largest absolute Gasteiger partial charge is 0.497 e. The van der Waals surface area contributed by atoms with Gasteiger partial charge in [-0.3, -0.25) is 5.32 Å². The summed E-state index contributed by atoms with van der Waals surface area (Å²) in [7, 11) is 1.62. The lowest BCUT2D eigenvalue weighted by Gasteiger charge is -2.04. The average molecular weight is 270 g/mol. The van der Waals surface area contributed by atoms with Crippen LogP contribution in [0.15, 0.2) is 36.4 Å². The van der Waals surface area contributed by atoms with Gasteiger partial charge in [0.25, 0.3) is 5.82 Å². The number of methoxy groups -OCH3 is 1. The summed E-state index contributed by atoms with van der Waals surface area (Å²) in [4.78, 5) is 3.17. The van der Waals surface area contributed by atoms with E-state index in [-0.39, 0.29) is 6.61 Å². The predicted molar refractivity (Wildman–Crippen MR) is 75.3 cm³/mol. The third kappa shape index (κ3) is 3.05. The highest BCUT2D eigenvalue weighted by Gasteiger charge is 2.12. The van der Waals surface area contributed by atoms with Crippen LogP contribution < -0.4 is 15.0 Å². The molecule has 0 spiro atoms. The minimum Gasteiger partial charge on any atom is -0.497 e. The highest BCUT2D eigenvalue weighted by Crippen LogP contribution is 2.20. The van der Waals surface area contributed by atoms with E-state index < -0.39 is 0 Å². The number of benzene rings is 1. The number of ether oxygens (including phenoxy) is 1. The molecule has 1 heterocycles. The topological polar surface area (TPSA) is 79.4 Å². The Balaban J connectivity index is 2.34. The molecule has 0 atom stereocenters. The van der Waals surface area contributed by atoms with Crippen molar-refractivity contribution in [3.05, 3.63) is 42.0 Å². The molecule has 0 saturated carbocycles. The monoisotopic (exact) mass is 270 g/mol. The van der Waals surface area contributed by atoms with Gasteiger partial charge in [0.05, 0.1) is 13.7 Å². The number of nitriles is 1. The molecule has 0 aliphatic heterocycles. The standard InChI is InChI=1S/C15H15N3O2/c1-20-13-5-2-11(3-6-13)14-7-4-12(10-16)15(18-14)17-8-9-19/h2-7,19H,8-9H2,1H3,(H,17,18)/p+1. The van der Waals surface area contributed by atoms with Gasteiger partial charge >= 0.3 is 0 Å². The van der Waals surface area contributed by atoms with Gasteiger partial charge in [0.15, 0.2) is 0 Å². The molecule has 0 aliphatic rings. The van der Waals surface area contributed by atoms with Crippen LogP contribution in [0.2, 0.25) is 0 Å². The third-order valence-corrected chi connectivity index (χ3v) is 2.88. The third-order valence-electron chi connectivity index (χ3n) is 2.88. The van der Waals surface area contributed by atoms with Gasteiger partial charge < -0.3 is 9.84 Å². The van der Waals surface area contributed by atoms with Crippen molar-refractivity contribution in [2.45, 2.75) is 0 Å². The quantitative estimate of drug-likeness (QED) is 0.862. The normalized spacial score (nSPS) is 9.85. The molecule has 0 radical (unpaired) electrons. The summed E-state index contributed by atoms with van der Waals surface area (Å²) in [6.45, 7) is 0.392. The Morgan fingerprint density at radius 3 is 2.60 bits per heavy atom. The van der Waals surface area contributed by atoms with E-state index >= 15 is 0 Å². The van der Waals surface area contributed by atoms with Gasteiger partial charge in [-0.25, -0.2) is 4.98 Å². The van der Waals surface area contributed by atoms with Crippen LogP contribution in [0.4, 0.5) is 5.82 Å². The lowest BCUT2D eigenvalue weighted by Crippen LogP contribution is -2.19. The summed E-state index contributed by atoms with van der Waals surface area (Å²) in [6.07, 6.45) is 0. The van der Waals surface area contributed by atoms with Crippen LogP contribution in [0.3, 0.4) is 0 Å². The summed E-state index contributed by atoms with van der Waals surface area (Å²) in [5.74, 6) is 1.40. The van der Waals surface area contributed by atoms with Crippen LogP contribution in [0.5, 0.6) is 5.75 Å². The first-order valence-electron chi connectivity index (χ1n) is 6.24. The lowest BCUT2D eigenvalue weighted by molar-refractivity contribution is -0.348. The van der Waals surface area contributed by atoms with E-state index in [0.29, 0.717) is 17.9 Å². The Kier molecular flexibility index (Phi) is 4.53. The Morgan fingerprint density at radius 1 is 1.25 bits per heavy atom. The molecular formula is C15H16N3O2+. The minimum absolute atomic E-state index is 0.00543. The van der Waals surface area contributed by atoms with Crippen molar-refractivity contribution in [3.63, 3.8) is 0 Å². The van der Waals surface area contributed by atoms with E-state index in [0.717, 1.165) is 17.0 Å². The predicted octanol–water partition coefficient (Wildman–Crippen LogP) is 1.45. The van der Waals surface area contributed by atoms with Gasteiger partial charge in [-0.05, 0) is 36.4 Å². The molecule has 1 aromatic heterocycles. The molecule has 102 valence electrons. The maximum absolute atomic E-state index is 9.06. The van der Waals surface area contributed by atoms with E-state index in [1.165, 1.54) is 0 Å². The molecule has 2 rings (SSSR count). The summed E-state index contributed by atoms with van der Waals surface area (Å²) in [5, 5.41) is 20.9. The van der Waals surface area contributed by atoms with E-state index in [9.17, 15) is 0 Å². The first-order valence-corrected chi connectivity index (χ1v) is 6.24. The number of nitrogens with one attached hydrogen (secondary N) is 2. The van der Waals surface area contributed by atoms with Crippen molar-refractivity contribution in [3.8, 4) is 23.1 Å². The molecule has 5 heteroatoms. The van der Waals surface area contributed by atoms with Gasteiger partial charge in [-0.1, -0.05) is 0 Å². The van der Waals surface area contributed by atoms with Crippen LogP contribution in [-0.2, 0) is 0 Å². The molecular weight excluding hydrogens is 254 g/mol. The molecule has 2 aromatic rings. The molecule has 0 fully saturated rings. The minimum atomic E-state index is 0.00543. The Hall–Kier alpha value is -2.58. The molecule has 0 amide bonds. The highest BCUT2D eigenvalue weighted by atomic mass is 16.5. The Bertz CT molecular complexity index is 618. The maximum Gasteiger partial charge on any atom is 0.290 e. The summed E-state index contributed by atoms with van der Waals surface area (Å²) < 4.78 is 5.13. The average Bonchev–Trinajstić information content (AvgIpc) is 2.52. The van der Waals surface area contributed by atoms with Crippen LogP contribution in [0.25, 0.3) is 11.3 Å². The van der Waals surface area contributed by atoms with Gasteiger partial charge in [0.1, 0.15) is 29.6 Å². The molecule has 5 nitrogen and oxygen atoms in total. The zero-order valence-electron chi connectivity index (χ0n) is 11.2. The van der Waals surface area contributed by atoms with Crippen molar-refractivity contribution in [2.75, 3.05) is 25.6 Å². The number of H-pyrrole nitrogens is 1. The molecule has 1 aromatic carbocycles. The van der Waals surface area contributed by atoms with Gasteiger partial charge in [-0.2, -0.15) is 5.26 Å². The van der Waals surface area contributed by atoms with Crippen LogP contribution in [0.1, 0.15) is 5.56 Å². The van der Waals surface area contributed by atoms with Gasteiger partial charge in [0, 0.05) is 5.56 Å². The number of aromatic nitrogens is 1. The number of anilines is 1. The van der Waals surface area contributed by atoms with Crippen LogP contribution >= 0.6 is 0 Å². The van der Waals surface area contributed by atoms with E-state index in [4.69, 9.17) is 15.1 Å². The van der Waals surface area contributed by atoms with Crippen molar-refractivity contribution in [1.82, 2.24) is 0 Å². The number of pyridine rings is 1. The second-order valence-corrected chi connectivity index (χ2v) is 4.15. The summed E-state index contributed by atoms with van der Waals surface area (Å²) in [6, 6.07) is 13.3. The molecule has 20 heavy (non-hydrogen) atoms. The molecule has 3 N–H and O–H groups in total. The zero-order chi connectivity index (χ0) is 14.4. The van der Waals surface area contributed by atoms with E-state index in [1.807, 2.05) is 30.3 Å². The SMILES string of the molecule is COc1ccc(-c2ccc(C#N)c(NCCO)[nH+]2)cc1. The number of nitrogens with zero attached hydrogens (tertiary/aromatic N) is 1. The van der Waals surface area contributed by atoms with Crippen LogP contribution in [0, 0.1) is 11.3 Å². The zero-order valence-corrected chi connectivity index (χ0v) is 11.2. The number of rotatable bonds is 5. The number of aliphatic hydroxyl groups excluding tert-OH is 1. The van der Waals surface area contributed by atoms with Gasteiger partial charge in [-0.15, -0.1) is 0 Å². The molecule has 0 bridgehead atoms. The molecule has 0 unspecified atom stereocenters. The van der Waals surface area contributed by atoms with Crippen LogP contribution in [-0.4, -0.2) is 25.4 Å². The van der Waals surface area contributed by atoms with E-state index in [2.05, 4.69) is 16.4 Å². The maximum atomic E-state index is 9.06. The lowest BCUT2D eigenvalue weighted by atomic mass is 10.1. The van der Waals surface area contributed by atoms with Crippen molar-refractivity contribution >= 4 is 5.82 Å². The Labute approximate surface area is 117 Å². The first-order chi connectivity index (χ1) is 9.78. The summed E-state index contributed by atoms with van der Waals surface area (Å²) >= 11 is 0. The second-order valence-electron chi connectivity index (χ2n) is 4.15. The fourth-order valence-corrected chi connectivity index (χ4v) is 1.85. The Morgan fingerprint density at radius 2 is 2.00 bits per heavy atom. The fourth-order valence-electron chi connectivity index (χ4n) is 1.85. The molecule has 0 aliphatic carbocycles. The van der Waals surface area contributed by atoms with Gasteiger partial charge in [0.2, 0.25) is 0 Å².